The summed E-state index contributed by atoms with van der Waals surface area (Å²) >= 11 is 5.79. The van der Waals surface area contributed by atoms with Crippen molar-refractivity contribution in [2.75, 3.05) is 5.32 Å². The van der Waals surface area contributed by atoms with Gasteiger partial charge in [0.05, 0.1) is 0 Å². The third-order valence-electron chi connectivity index (χ3n) is 3.54. The van der Waals surface area contributed by atoms with E-state index in [1.165, 1.54) is 0 Å². The van der Waals surface area contributed by atoms with Crippen LogP contribution in [0.5, 0.6) is 0 Å². The molecular weight excluding hydrogens is 350 g/mol. The van der Waals surface area contributed by atoms with Crippen LogP contribution >= 0.6 is 11.6 Å². The van der Waals surface area contributed by atoms with Gasteiger partial charge in [0.2, 0.25) is 5.91 Å². The molecule has 0 aliphatic heterocycles. The van der Waals surface area contributed by atoms with E-state index in [1.807, 2.05) is 0 Å². The first-order chi connectivity index (χ1) is 11.8. The highest BCUT2D eigenvalue weighted by Gasteiger charge is 2.27. The Kier molecular flexibility index (Phi) is 6.09. The maximum atomic E-state index is 13.7. The molecule has 7 heteroatoms. The smallest absolute Gasteiger partial charge is 0.257 e. The molecule has 0 aliphatic carbocycles. The molecule has 1 unspecified atom stereocenters. The average Bonchev–Trinajstić information content (AvgIpc) is 2.54. The molecule has 0 spiro atoms. The van der Waals surface area contributed by atoms with Crippen LogP contribution in [0.15, 0.2) is 42.5 Å². The highest BCUT2D eigenvalue weighted by Crippen LogP contribution is 2.16. The van der Waals surface area contributed by atoms with Gasteiger partial charge in [0.1, 0.15) is 23.2 Å². The molecule has 2 amide bonds. The van der Waals surface area contributed by atoms with Crippen LogP contribution in [0.2, 0.25) is 5.02 Å². The van der Waals surface area contributed by atoms with E-state index in [4.69, 9.17) is 11.6 Å². The van der Waals surface area contributed by atoms with Crippen molar-refractivity contribution in [2.24, 2.45) is 5.92 Å². The third kappa shape index (κ3) is 4.76. The number of nitrogens with one attached hydrogen (secondary N) is 2. The average molecular weight is 367 g/mol. The van der Waals surface area contributed by atoms with E-state index in [2.05, 4.69) is 10.6 Å². The summed E-state index contributed by atoms with van der Waals surface area (Å²) in [5.41, 5.74) is -0.223. The van der Waals surface area contributed by atoms with Gasteiger partial charge in [0.15, 0.2) is 0 Å². The zero-order chi connectivity index (χ0) is 18.6. The van der Waals surface area contributed by atoms with Crippen molar-refractivity contribution >= 4 is 29.1 Å². The molecule has 25 heavy (non-hydrogen) atoms. The summed E-state index contributed by atoms with van der Waals surface area (Å²) in [5, 5.41) is 5.54. The van der Waals surface area contributed by atoms with E-state index in [1.54, 1.807) is 38.1 Å². The summed E-state index contributed by atoms with van der Waals surface area (Å²) in [6.45, 7) is 3.42. The van der Waals surface area contributed by atoms with E-state index in [-0.39, 0.29) is 5.92 Å². The number of hydrogen-bond donors (Lipinski definition) is 2. The largest absolute Gasteiger partial charge is 0.340 e. The molecule has 2 rings (SSSR count). The van der Waals surface area contributed by atoms with Crippen LogP contribution in [0.3, 0.4) is 0 Å². The predicted octanol–water partition coefficient (Wildman–Crippen LogP) is 4.01. The van der Waals surface area contributed by atoms with Crippen LogP contribution in [0.1, 0.15) is 24.2 Å². The summed E-state index contributed by atoms with van der Waals surface area (Å²) in [6.07, 6.45) is 0. The number of rotatable bonds is 5. The SMILES string of the molecule is CC(C)C(NC(=O)c1c(F)cccc1F)C(=O)Nc1ccc(Cl)cc1. The van der Waals surface area contributed by atoms with E-state index in [9.17, 15) is 18.4 Å². The standard InChI is InChI=1S/C18H17ClF2N2O2/c1-10(2)16(18(25)22-12-8-6-11(19)7-9-12)23-17(24)15-13(20)4-3-5-14(15)21/h3-10,16H,1-2H3,(H,22,25)(H,23,24). The summed E-state index contributed by atoms with van der Waals surface area (Å²) < 4.78 is 27.4. The Morgan fingerprint density at radius 2 is 1.56 bits per heavy atom. The molecule has 0 radical (unpaired) electrons. The lowest BCUT2D eigenvalue weighted by atomic mass is 10.0. The Labute approximate surface area is 149 Å². The fraction of sp³-hybridized carbons (Fsp3) is 0.222. The minimum absolute atomic E-state index is 0.300. The monoisotopic (exact) mass is 366 g/mol. The van der Waals surface area contributed by atoms with Gasteiger partial charge in [-0.3, -0.25) is 9.59 Å². The van der Waals surface area contributed by atoms with E-state index < -0.39 is 35.1 Å². The van der Waals surface area contributed by atoms with Gasteiger partial charge in [0.25, 0.3) is 5.91 Å². The first kappa shape index (κ1) is 18.9. The molecule has 0 fully saturated rings. The normalized spacial score (nSPS) is 11.9. The van der Waals surface area contributed by atoms with Gasteiger partial charge < -0.3 is 10.6 Å². The molecule has 0 saturated heterocycles. The Morgan fingerprint density at radius 3 is 2.08 bits per heavy atom. The van der Waals surface area contributed by atoms with Gasteiger partial charge in [-0.1, -0.05) is 31.5 Å². The van der Waals surface area contributed by atoms with Gasteiger partial charge in [-0.15, -0.1) is 0 Å². The second kappa shape index (κ2) is 8.07. The maximum Gasteiger partial charge on any atom is 0.257 e. The predicted molar refractivity (Wildman–Crippen MR) is 92.5 cm³/mol. The van der Waals surface area contributed by atoms with Crippen LogP contribution in [-0.2, 0) is 4.79 Å². The Bertz CT molecular complexity index is 759. The zero-order valence-electron chi connectivity index (χ0n) is 13.6. The number of amides is 2. The minimum atomic E-state index is -0.988. The highest BCUT2D eigenvalue weighted by atomic mass is 35.5. The second-order valence-electron chi connectivity index (χ2n) is 5.79. The molecule has 0 bridgehead atoms. The Hall–Kier alpha value is -2.47. The fourth-order valence-electron chi connectivity index (χ4n) is 2.22. The molecule has 1 atom stereocenters. The van der Waals surface area contributed by atoms with Crippen molar-refractivity contribution in [1.29, 1.82) is 0 Å². The molecule has 0 heterocycles. The van der Waals surface area contributed by atoms with Crippen molar-refractivity contribution in [3.8, 4) is 0 Å². The molecule has 132 valence electrons. The number of carbonyl (C=O) groups is 2. The van der Waals surface area contributed by atoms with Gasteiger partial charge in [0, 0.05) is 10.7 Å². The number of benzene rings is 2. The van der Waals surface area contributed by atoms with E-state index in [0.717, 1.165) is 18.2 Å². The number of carbonyl (C=O) groups excluding carboxylic acids is 2. The molecule has 0 aromatic heterocycles. The quantitative estimate of drug-likeness (QED) is 0.840. The van der Waals surface area contributed by atoms with E-state index >= 15 is 0 Å². The van der Waals surface area contributed by atoms with Crippen molar-refractivity contribution in [3.63, 3.8) is 0 Å². The molecular formula is C18H17ClF2N2O2. The van der Waals surface area contributed by atoms with Crippen LogP contribution in [-0.4, -0.2) is 17.9 Å². The Morgan fingerprint density at radius 1 is 1.00 bits per heavy atom. The first-order valence-corrected chi connectivity index (χ1v) is 7.98. The lowest BCUT2D eigenvalue weighted by Gasteiger charge is -2.22. The van der Waals surface area contributed by atoms with Gasteiger partial charge in [-0.2, -0.15) is 0 Å². The van der Waals surface area contributed by atoms with Crippen molar-refractivity contribution in [3.05, 3.63) is 64.7 Å². The third-order valence-corrected chi connectivity index (χ3v) is 3.79. The van der Waals surface area contributed by atoms with Crippen LogP contribution < -0.4 is 10.6 Å². The summed E-state index contributed by atoms with van der Waals surface area (Å²) in [4.78, 5) is 24.6. The van der Waals surface area contributed by atoms with Crippen molar-refractivity contribution in [1.82, 2.24) is 5.32 Å². The first-order valence-electron chi connectivity index (χ1n) is 7.61. The second-order valence-corrected chi connectivity index (χ2v) is 6.22. The lowest BCUT2D eigenvalue weighted by molar-refractivity contribution is -0.118. The molecule has 2 aromatic carbocycles. The van der Waals surface area contributed by atoms with Crippen LogP contribution in [0, 0.1) is 17.6 Å². The van der Waals surface area contributed by atoms with Crippen LogP contribution in [0.25, 0.3) is 0 Å². The minimum Gasteiger partial charge on any atom is -0.340 e. The zero-order valence-corrected chi connectivity index (χ0v) is 14.4. The van der Waals surface area contributed by atoms with Gasteiger partial charge in [-0.05, 0) is 42.3 Å². The van der Waals surface area contributed by atoms with Gasteiger partial charge >= 0.3 is 0 Å². The maximum absolute atomic E-state index is 13.7. The van der Waals surface area contributed by atoms with Crippen LogP contribution in [0.4, 0.5) is 14.5 Å². The van der Waals surface area contributed by atoms with Crippen molar-refractivity contribution in [2.45, 2.75) is 19.9 Å². The summed E-state index contributed by atoms with van der Waals surface area (Å²) in [5.74, 6) is -3.76. The Balaban J connectivity index is 2.16. The topological polar surface area (TPSA) is 58.2 Å². The fourth-order valence-corrected chi connectivity index (χ4v) is 2.34. The van der Waals surface area contributed by atoms with Crippen molar-refractivity contribution < 1.29 is 18.4 Å². The number of anilines is 1. The molecule has 0 saturated carbocycles. The molecule has 2 aromatic rings. The summed E-state index contributed by atoms with van der Waals surface area (Å²) in [6, 6.07) is 8.58. The lowest BCUT2D eigenvalue weighted by Crippen LogP contribution is -2.47. The molecule has 4 nitrogen and oxygen atoms in total. The summed E-state index contributed by atoms with van der Waals surface area (Å²) in [7, 11) is 0. The number of halogens is 3. The highest BCUT2D eigenvalue weighted by molar-refractivity contribution is 6.30. The molecule has 0 aliphatic rings. The van der Waals surface area contributed by atoms with Gasteiger partial charge in [-0.25, -0.2) is 8.78 Å². The molecule has 2 N–H and O–H groups in total. The number of hydrogen-bond acceptors (Lipinski definition) is 2. The van der Waals surface area contributed by atoms with E-state index in [0.29, 0.717) is 10.7 Å².